The summed E-state index contributed by atoms with van der Waals surface area (Å²) < 4.78 is 0.934. The highest BCUT2D eigenvalue weighted by Crippen LogP contribution is 2.34. The minimum atomic E-state index is -0.489. The number of hydrogen-bond acceptors (Lipinski definition) is 3. The molecule has 6 heteroatoms. The Morgan fingerprint density at radius 1 is 1.22 bits per heavy atom. The zero-order valence-electron chi connectivity index (χ0n) is 12.1. The molecular weight excluding hydrogens is 424 g/mol. The van der Waals surface area contributed by atoms with Crippen molar-refractivity contribution in [2.75, 3.05) is 5.32 Å². The molecule has 2 aromatic rings. The Morgan fingerprint density at radius 2 is 1.78 bits per heavy atom. The van der Waals surface area contributed by atoms with Crippen LogP contribution in [0.4, 0.5) is 5.69 Å². The Labute approximate surface area is 150 Å². The van der Waals surface area contributed by atoms with Crippen molar-refractivity contribution < 1.29 is 9.90 Å². The summed E-state index contributed by atoms with van der Waals surface area (Å²) >= 11 is 6.43. The third-order valence-corrected chi connectivity index (χ3v) is 4.23. The molecular formula is C17H12Br2N2O2. The van der Waals surface area contributed by atoms with Crippen LogP contribution in [0.2, 0.25) is 0 Å². The van der Waals surface area contributed by atoms with E-state index < -0.39 is 5.91 Å². The van der Waals surface area contributed by atoms with Crippen LogP contribution in [-0.4, -0.2) is 11.0 Å². The number of nitrogens with zero attached hydrogens (tertiary/aromatic N) is 1. The molecule has 0 aliphatic carbocycles. The normalized spacial score (nSPS) is 11.0. The summed E-state index contributed by atoms with van der Waals surface area (Å²) in [5, 5.41) is 21.6. The van der Waals surface area contributed by atoms with Crippen molar-refractivity contribution in [2.24, 2.45) is 0 Å². The minimum absolute atomic E-state index is 0.0323. The van der Waals surface area contributed by atoms with Gasteiger partial charge in [0.05, 0.1) is 8.95 Å². The van der Waals surface area contributed by atoms with Crippen LogP contribution in [0, 0.1) is 18.3 Å². The molecule has 0 saturated carbocycles. The lowest BCUT2D eigenvalue weighted by atomic mass is 10.1. The summed E-state index contributed by atoms with van der Waals surface area (Å²) in [7, 11) is 0. The first-order valence-electron chi connectivity index (χ1n) is 6.58. The van der Waals surface area contributed by atoms with Crippen LogP contribution in [0.3, 0.4) is 0 Å². The molecule has 0 aromatic heterocycles. The zero-order valence-corrected chi connectivity index (χ0v) is 15.3. The van der Waals surface area contributed by atoms with Crippen LogP contribution < -0.4 is 5.32 Å². The summed E-state index contributed by atoms with van der Waals surface area (Å²) in [6.45, 7) is 1.95. The van der Waals surface area contributed by atoms with E-state index in [4.69, 9.17) is 0 Å². The maximum absolute atomic E-state index is 12.2. The molecule has 0 aliphatic heterocycles. The Balaban J connectivity index is 2.26. The highest BCUT2D eigenvalue weighted by atomic mass is 79.9. The fourth-order valence-electron chi connectivity index (χ4n) is 1.82. The van der Waals surface area contributed by atoms with Crippen LogP contribution in [0.25, 0.3) is 6.08 Å². The summed E-state index contributed by atoms with van der Waals surface area (Å²) in [6.07, 6.45) is 1.46. The van der Waals surface area contributed by atoms with Gasteiger partial charge < -0.3 is 10.4 Å². The van der Waals surface area contributed by atoms with Gasteiger partial charge in [-0.1, -0.05) is 17.7 Å². The van der Waals surface area contributed by atoms with Crippen LogP contribution >= 0.6 is 31.9 Å². The average molecular weight is 436 g/mol. The number of hydrogen-bond donors (Lipinski definition) is 2. The van der Waals surface area contributed by atoms with Crippen molar-refractivity contribution in [1.82, 2.24) is 0 Å². The molecule has 0 saturated heterocycles. The van der Waals surface area contributed by atoms with Crippen molar-refractivity contribution in [3.05, 3.63) is 62.0 Å². The molecule has 23 heavy (non-hydrogen) atoms. The minimum Gasteiger partial charge on any atom is -0.506 e. The molecule has 0 radical (unpaired) electrons. The number of aryl methyl sites for hydroxylation is 1. The van der Waals surface area contributed by atoms with Crippen LogP contribution in [0.1, 0.15) is 11.1 Å². The lowest BCUT2D eigenvalue weighted by Gasteiger charge is -2.06. The second-order valence-corrected chi connectivity index (χ2v) is 6.53. The first-order valence-corrected chi connectivity index (χ1v) is 8.17. The number of phenolic OH excluding ortho intramolecular Hbond substituents is 1. The van der Waals surface area contributed by atoms with E-state index in [2.05, 4.69) is 37.2 Å². The number of phenols is 1. The van der Waals surface area contributed by atoms with Crippen molar-refractivity contribution in [2.45, 2.75) is 6.92 Å². The van der Waals surface area contributed by atoms with E-state index in [1.54, 1.807) is 24.3 Å². The molecule has 116 valence electrons. The van der Waals surface area contributed by atoms with Crippen LogP contribution in [0.5, 0.6) is 5.75 Å². The average Bonchev–Trinajstić information content (AvgIpc) is 2.52. The van der Waals surface area contributed by atoms with Crippen molar-refractivity contribution in [3.63, 3.8) is 0 Å². The third kappa shape index (κ3) is 4.44. The zero-order chi connectivity index (χ0) is 17.0. The van der Waals surface area contributed by atoms with E-state index in [-0.39, 0.29) is 11.3 Å². The monoisotopic (exact) mass is 434 g/mol. The molecule has 2 rings (SSSR count). The van der Waals surface area contributed by atoms with Gasteiger partial charge in [-0.25, -0.2) is 0 Å². The first kappa shape index (κ1) is 17.3. The number of amides is 1. The maximum Gasteiger partial charge on any atom is 0.266 e. The van der Waals surface area contributed by atoms with Gasteiger partial charge in [-0.2, -0.15) is 5.26 Å². The number of aromatic hydroxyl groups is 1. The smallest absolute Gasteiger partial charge is 0.266 e. The van der Waals surface area contributed by atoms with E-state index in [1.165, 1.54) is 6.08 Å². The highest BCUT2D eigenvalue weighted by molar-refractivity contribution is 9.11. The van der Waals surface area contributed by atoms with Crippen molar-refractivity contribution in [1.29, 1.82) is 5.26 Å². The quantitative estimate of drug-likeness (QED) is 0.538. The van der Waals surface area contributed by atoms with Gasteiger partial charge in [0.1, 0.15) is 17.4 Å². The van der Waals surface area contributed by atoms with E-state index in [0.29, 0.717) is 20.2 Å². The van der Waals surface area contributed by atoms with Crippen molar-refractivity contribution >= 4 is 49.5 Å². The van der Waals surface area contributed by atoms with Gasteiger partial charge >= 0.3 is 0 Å². The number of rotatable bonds is 3. The van der Waals surface area contributed by atoms with Crippen LogP contribution in [0.15, 0.2) is 50.9 Å². The van der Waals surface area contributed by atoms with Gasteiger partial charge in [0, 0.05) is 5.69 Å². The molecule has 4 nitrogen and oxygen atoms in total. The molecule has 0 unspecified atom stereocenters. The van der Waals surface area contributed by atoms with Crippen LogP contribution in [-0.2, 0) is 4.79 Å². The van der Waals surface area contributed by atoms with Gasteiger partial charge in [-0.3, -0.25) is 4.79 Å². The van der Waals surface area contributed by atoms with Crippen molar-refractivity contribution in [3.8, 4) is 11.8 Å². The fraction of sp³-hybridized carbons (Fsp3) is 0.0588. The van der Waals surface area contributed by atoms with Gasteiger partial charge in [0.15, 0.2) is 0 Å². The Kier molecular flexibility index (Phi) is 5.59. The third-order valence-electron chi connectivity index (χ3n) is 3.02. The number of carbonyl (C=O) groups excluding carboxylic acids is 1. The molecule has 0 heterocycles. The molecule has 1 amide bonds. The molecule has 0 spiro atoms. The standard InChI is InChI=1S/C17H12Br2N2O2/c1-10-2-4-13(5-3-10)21-17(23)12(9-20)6-11-7-14(18)16(22)15(19)8-11/h2-8,22H,1H3,(H,21,23)/b12-6-. The lowest BCUT2D eigenvalue weighted by Crippen LogP contribution is -2.13. The molecule has 2 aromatic carbocycles. The number of carbonyl (C=O) groups is 1. The van der Waals surface area contributed by atoms with E-state index >= 15 is 0 Å². The SMILES string of the molecule is Cc1ccc(NC(=O)/C(C#N)=C\c2cc(Br)c(O)c(Br)c2)cc1. The van der Waals surface area contributed by atoms with E-state index in [9.17, 15) is 15.2 Å². The Hall–Kier alpha value is -2.10. The van der Waals surface area contributed by atoms with Gasteiger partial charge in [-0.15, -0.1) is 0 Å². The van der Waals surface area contributed by atoms with Gasteiger partial charge in [0.2, 0.25) is 0 Å². The number of nitrogens with one attached hydrogen (secondary N) is 1. The fourth-order valence-corrected chi connectivity index (χ4v) is 3.04. The van der Waals surface area contributed by atoms with Gasteiger partial charge in [0.25, 0.3) is 5.91 Å². The predicted octanol–water partition coefficient (Wildman–Crippen LogP) is 4.77. The summed E-state index contributed by atoms with van der Waals surface area (Å²) in [6, 6.07) is 12.4. The number of nitriles is 1. The summed E-state index contributed by atoms with van der Waals surface area (Å²) in [5.74, 6) is -0.429. The molecule has 2 N–H and O–H groups in total. The maximum atomic E-state index is 12.2. The second-order valence-electron chi connectivity index (χ2n) is 4.82. The topological polar surface area (TPSA) is 73.1 Å². The molecule has 0 bridgehead atoms. The van der Waals surface area contributed by atoms with Gasteiger partial charge in [-0.05, 0) is 74.7 Å². The Morgan fingerprint density at radius 3 is 2.30 bits per heavy atom. The first-order chi connectivity index (χ1) is 10.9. The lowest BCUT2D eigenvalue weighted by molar-refractivity contribution is -0.112. The Bertz CT molecular complexity index is 798. The van der Waals surface area contributed by atoms with E-state index in [0.717, 1.165) is 5.56 Å². The summed E-state index contributed by atoms with van der Waals surface area (Å²) in [4.78, 5) is 12.2. The molecule has 0 fully saturated rings. The number of anilines is 1. The molecule has 0 aliphatic rings. The second kappa shape index (κ2) is 7.44. The largest absolute Gasteiger partial charge is 0.506 e. The number of benzene rings is 2. The van der Waals surface area contributed by atoms with E-state index in [1.807, 2.05) is 25.1 Å². The highest BCUT2D eigenvalue weighted by Gasteiger charge is 2.11. The predicted molar refractivity (Wildman–Crippen MR) is 96.9 cm³/mol. The summed E-state index contributed by atoms with van der Waals surface area (Å²) in [5.41, 5.74) is 2.28. The number of halogens is 2. The molecule has 0 atom stereocenters.